The van der Waals surface area contributed by atoms with E-state index < -0.39 is 57.8 Å². The second-order valence-electron chi connectivity index (χ2n) is 19.4. The highest BCUT2D eigenvalue weighted by Gasteiger charge is 2.28. The summed E-state index contributed by atoms with van der Waals surface area (Å²) in [6.45, 7) is 4.44. The van der Waals surface area contributed by atoms with Crippen molar-refractivity contribution in [2.45, 2.75) is 264 Å². The first-order chi connectivity index (χ1) is 36.2. The van der Waals surface area contributed by atoms with E-state index in [9.17, 15) is 28.9 Å². The molecule has 0 radical (unpaired) electrons. The molecule has 12 heteroatoms. The monoisotopic (exact) mass is 1060 g/mol. The van der Waals surface area contributed by atoms with Crippen LogP contribution in [0.3, 0.4) is 0 Å². The van der Waals surface area contributed by atoms with Crippen molar-refractivity contribution in [1.29, 1.82) is 0 Å². The number of hydrogen-bond acceptors (Lipinski definition) is 10. The maximum Gasteiger partial charge on any atom is 0.472 e. The van der Waals surface area contributed by atoms with Crippen LogP contribution in [0.4, 0.5) is 0 Å². The zero-order valence-corrected chi connectivity index (χ0v) is 47.9. The molecule has 0 saturated carbocycles. The van der Waals surface area contributed by atoms with Crippen LogP contribution in [0, 0.1) is 0 Å². The first kappa shape index (κ1) is 70.7. The number of aliphatic hydroxyl groups excluding tert-OH is 1. The van der Waals surface area contributed by atoms with E-state index in [1.165, 1.54) is 89.9 Å². The van der Waals surface area contributed by atoms with Crippen LogP contribution < -0.4 is 0 Å². The van der Waals surface area contributed by atoms with Crippen molar-refractivity contribution in [3.8, 4) is 0 Å². The van der Waals surface area contributed by atoms with E-state index in [4.69, 9.17) is 23.3 Å². The Balaban J connectivity index is 4.80. The van der Waals surface area contributed by atoms with E-state index in [0.29, 0.717) is 25.7 Å². The minimum absolute atomic E-state index is 0.137. The number of phosphoric acid groups is 1. The van der Waals surface area contributed by atoms with Gasteiger partial charge in [-0.05, 0) is 89.9 Å². The van der Waals surface area contributed by atoms with Crippen LogP contribution in [0.25, 0.3) is 0 Å². The average Bonchev–Trinajstić information content (AvgIpc) is 3.39. The topological polar surface area (TPSA) is 155 Å². The van der Waals surface area contributed by atoms with Crippen molar-refractivity contribution in [2.75, 3.05) is 26.4 Å². The van der Waals surface area contributed by atoms with E-state index >= 15 is 0 Å². The third-order valence-corrected chi connectivity index (χ3v) is 13.3. The molecular weight excluding hydrogens is 952 g/mol. The first-order valence-corrected chi connectivity index (χ1v) is 31.0. The molecule has 0 aliphatic rings. The van der Waals surface area contributed by atoms with Gasteiger partial charge >= 0.3 is 25.7 Å². The van der Waals surface area contributed by atoms with E-state index in [1.54, 1.807) is 0 Å². The van der Waals surface area contributed by atoms with Gasteiger partial charge in [0.15, 0.2) is 6.10 Å². The number of allylic oxidation sites excluding steroid dienone is 14. The van der Waals surface area contributed by atoms with Gasteiger partial charge in [-0.25, -0.2) is 4.57 Å². The summed E-state index contributed by atoms with van der Waals surface area (Å²) in [6.07, 6.45) is 64.0. The number of aliphatic hydroxyl groups is 1. The van der Waals surface area contributed by atoms with Gasteiger partial charge in [-0.2, -0.15) is 0 Å². The van der Waals surface area contributed by atoms with Crippen LogP contribution in [-0.4, -0.2) is 66.5 Å². The molecule has 0 aromatic heterocycles. The van der Waals surface area contributed by atoms with Crippen molar-refractivity contribution >= 4 is 25.7 Å². The maximum atomic E-state index is 12.9. The fourth-order valence-corrected chi connectivity index (χ4v) is 8.62. The summed E-state index contributed by atoms with van der Waals surface area (Å²) < 4.78 is 39.5. The smallest absolute Gasteiger partial charge is 0.462 e. The van der Waals surface area contributed by atoms with Gasteiger partial charge in [0.05, 0.1) is 19.8 Å². The summed E-state index contributed by atoms with van der Waals surface area (Å²) in [7, 11) is -4.77. The van der Waals surface area contributed by atoms with E-state index in [2.05, 4.69) is 99.8 Å². The number of carbonyl (C=O) groups excluding carboxylic acids is 3. The van der Waals surface area contributed by atoms with Gasteiger partial charge < -0.3 is 24.2 Å². The predicted molar refractivity (Wildman–Crippen MR) is 307 cm³/mol. The molecule has 74 heavy (non-hydrogen) atoms. The van der Waals surface area contributed by atoms with Gasteiger partial charge in [-0.1, -0.05) is 228 Å². The molecule has 0 aliphatic heterocycles. The average molecular weight is 1060 g/mol. The summed E-state index contributed by atoms with van der Waals surface area (Å²) in [5.74, 6) is -1.55. The summed E-state index contributed by atoms with van der Waals surface area (Å²) in [5, 5.41) is 9.82. The van der Waals surface area contributed by atoms with Crippen LogP contribution in [0.15, 0.2) is 85.1 Å². The Labute approximate surface area is 451 Å². The molecule has 3 unspecified atom stereocenters. The molecule has 0 fully saturated rings. The Bertz CT molecular complexity index is 1560. The Morgan fingerprint density at radius 3 is 1.15 bits per heavy atom. The molecule has 0 aliphatic carbocycles. The van der Waals surface area contributed by atoms with Gasteiger partial charge in [0.25, 0.3) is 0 Å². The highest BCUT2D eigenvalue weighted by Crippen LogP contribution is 2.43. The summed E-state index contributed by atoms with van der Waals surface area (Å²) in [4.78, 5) is 48.5. The molecule has 0 rings (SSSR count). The van der Waals surface area contributed by atoms with Crippen LogP contribution in [0.1, 0.15) is 252 Å². The van der Waals surface area contributed by atoms with Crippen molar-refractivity contribution < 1.29 is 52.2 Å². The third-order valence-electron chi connectivity index (χ3n) is 12.3. The van der Waals surface area contributed by atoms with Crippen LogP contribution in [-0.2, 0) is 42.2 Å². The lowest BCUT2D eigenvalue weighted by Gasteiger charge is -2.21. The summed E-state index contributed by atoms with van der Waals surface area (Å²) in [5.41, 5.74) is 0. The molecule has 0 spiro atoms. The fraction of sp³-hybridized carbons (Fsp3) is 0.726. The second kappa shape index (κ2) is 55.9. The van der Waals surface area contributed by atoms with E-state index in [0.717, 1.165) is 96.3 Å². The van der Waals surface area contributed by atoms with Crippen molar-refractivity contribution in [3.63, 3.8) is 0 Å². The Morgan fingerprint density at radius 1 is 0.392 bits per heavy atom. The predicted octanol–water partition coefficient (Wildman–Crippen LogP) is 17.5. The number of esters is 3. The lowest BCUT2D eigenvalue weighted by Crippen LogP contribution is -2.30. The molecule has 2 N–H and O–H groups in total. The maximum absolute atomic E-state index is 12.9. The zero-order chi connectivity index (χ0) is 54.1. The molecule has 0 bridgehead atoms. The minimum Gasteiger partial charge on any atom is -0.462 e. The van der Waals surface area contributed by atoms with Crippen LogP contribution >= 0.6 is 7.82 Å². The quantitative estimate of drug-likeness (QED) is 0.0197. The number of ether oxygens (including phenoxy) is 3. The molecule has 0 aromatic carbocycles. The number of hydrogen-bond donors (Lipinski definition) is 2. The summed E-state index contributed by atoms with van der Waals surface area (Å²) in [6, 6.07) is 0. The van der Waals surface area contributed by atoms with Gasteiger partial charge in [-0.3, -0.25) is 23.4 Å². The first-order valence-electron chi connectivity index (χ1n) is 29.5. The molecule has 0 aromatic rings. The standard InChI is InChI=1S/C62H107O11P/c1-4-7-10-13-16-19-22-25-28-29-32-33-36-39-42-45-48-51-60(64)69-55-59(73-62(66)53-50-47-44-41-38-35-31-27-24-21-18-15-12-9-6-3)57-71-74(67,68)70-56-58(54-63)72-61(65)52-49-46-43-40-37-34-30-26-23-20-17-14-11-8-5-2/h7,10,16,18-19,21,25,27-28,31-33,39,42,58-59,63H,4-6,8-9,11-15,17,20,22-24,26,29-30,34-38,40-41,43-57H2,1-3H3,(H,67,68)/b10-7-,19-16-,21-18-,28-25-,31-27-,33-32-,42-39-. The van der Waals surface area contributed by atoms with E-state index in [-0.39, 0.29) is 25.9 Å². The summed E-state index contributed by atoms with van der Waals surface area (Å²) >= 11 is 0. The number of carbonyl (C=O) groups is 3. The largest absolute Gasteiger partial charge is 0.472 e. The van der Waals surface area contributed by atoms with Gasteiger partial charge in [0.1, 0.15) is 12.7 Å². The highest BCUT2D eigenvalue weighted by molar-refractivity contribution is 7.47. The number of phosphoric ester groups is 1. The Morgan fingerprint density at radius 2 is 0.716 bits per heavy atom. The van der Waals surface area contributed by atoms with E-state index in [1.807, 2.05) is 6.08 Å². The number of unbranched alkanes of at least 4 members (excludes halogenated alkanes) is 23. The zero-order valence-electron chi connectivity index (χ0n) is 47.0. The molecular formula is C62H107O11P. The minimum atomic E-state index is -4.77. The Kier molecular flexibility index (Phi) is 53.4. The van der Waals surface area contributed by atoms with Gasteiger partial charge in [0, 0.05) is 19.3 Å². The molecule has 0 heterocycles. The van der Waals surface area contributed by atoms with Crippen LogP contribution in [0.5, 0.6) is 0 Å². The molecule has 0 amide bonds. The molecule has 3 atom stereocenters. The molecule has 11 nitrogen and oxygen atoms in total. The second-order valence-corrected chi connectivity index (χ2v) is 20.9. The Hall–Kier alpha value is -3.34. The lowest BCUT2D eigenvalue weighted by atomic mass is 10.0. The van der Waals surface area contributed by atoms with Crippen molar-refractivity contribution in [1.82, 2.24) is 0 Å². The highest BCUT2D eigenvalue weighted by atomic mass is 31.2. The fourth-order valence-electron chi connectivity index (χ4n) is 7.83. The third kappa shape index (κ3) is 53.5. The van der Waals surface area contributed by atoms with Crippen molar-refractivity contribution in [3.05, 3.63) is 85.1 Å². The normalized spacial score (nSPS) is 14.0. The lowest BCUT2D eigenvalue weighted by molar-refractivity contribution is -0.161. The van der Waals surface area contributed by atoms with Gasteiger partial charge in [0.2, 0.25) is 0 Å². The van der Waals surface area contributed by atoms with Gasteiger partial charge in [-0.15, -0.1) is 0 Å². The molecule has 0 saturated heterocycles. The SMILES string of the molecule is CC/C=C\C/C=C\C/C=C\C/C=C\C/C=C\CCCC(=O)OCC(COP(=O)(O)OCC(CO)OC(=O)CCCCCCCCCCCCCCCCC)OC(=O)CCCCCCC/C=C\C/C=C\CCCCC. The molecule has 426 valence electrons. The van der Waals surface area contributed by atoms with Crippen molar-refractivity contribution in [2.24, 2.45) is 0 Å². The van der Waals surface area contributed by atoms with Crippen LogP contribution in [0.2, 0.25) is 0 Å². The number of rotatable bonds is 54.